The van der Waals surface area contributed by atoms with Gasteiger partial charge >= 0.3 is 7.82 Å². The molecule has 6 aliphatic heterocycles. The van der Waals surface area contributed by atoms with E-state index >= 15 is 0 Å². The Morgan fingerprint density at radius 1 is 0.854 bits per heavy atom. The minimum absolute atomic E-state index is 0.0114. The van der Waals surface area contributed by atoms with Gasteiger partial charge in [-0.3, -0.25) is 47.2 Å². The van der Waals surface area contributed by atoms with Crippen molar-refractivity contribution >= 4 is 60.2 Å². The Kier molecular flexibility index (Phi) is 19.3. The lowest BCUT2D eigenvalue weighted by atomic mass is 9.56. The van der Waals surface area contributed by atoms with E-state index in [0.717, 1.165) is 11.3 Å². The highest BCUT2D eigenvalue weighted by Gasteiger charge is 2.68. The van der Waals surface area contributed by atoms with Crippen LogP contribution >= 0.6 is 7.82 Å². The largest absolute Gasteiger partial charge is 0.512 e. The van der Waals surface area contributed by atoms with Crippen molar-refractivity contribution in [3.8, 4) is 5.75 Å². The number of carbonyl (C=O) groups excluding carboxylic acids is 7. The van der Waals surface area contributed by atoms with E-state index in [1.807, 2.05) is 41.5 Å². The molecule has 7 amide bonds. The smallest absolute Gasteiger partial charge is 0.473 e. The average Bonchev–Trinajstić information content (AvgIpc) is 1.54. The van der Waals surface area contributed by atoms with Crippen LogP contribution < -0.4 is 61.0 Å². The molecule has 0 aliphatic carbocycles. The predicted molar refractivity (Wildman–Crippen MR) is 324 cm³/mol. The number of fused-ring (bicyclic) bond motifs is 10. The summed E-state index contributed by atoms with van der Waals surface area (Å²) in [6.45, 7) is 16.8. The van der Waals surface area contributed by atoms with Crippen molar-refractivity contribution in [1.82, 2.24) is 36.1 Å². The molecule has 1 aromatic carbocycles. The number of carbonyl (C=O) groups is 7. The first-order chi connectivity index (χ1) is 41.4. The van der Waals surface area contributed by atoms with Gasteiger partial charge in [-0.05, 0) is 105 Å². The third-order valence-corrected chi connectivity index (χ3v) is 22.0. The maximum absolute atomic E-state index is 14.4. The van der Waals surface area contributed by atoms with Crippen LogP contribution in [0.5, 0.6) is 5.75 Å². The molecule has 6 aliphatic rings. The zero-order valence-electron chi connectivity index (χ0n) is 52.0. The number of allylic oxidation sites excluding steroid dienone is 3. The van der Waals surface area contributed by atoms with Gasteiger partial charge in [0.15, 0.2) is 11.9 Å². The number of nitrogens with one attached hydrogen (secondary N) is 5. The number of phenolic OH excluding ortho intramolecular Hbond substituents is 1. The second-order valence-corrected chi connectivity index (χ2v) is 28.3. The average molecular weight is 1260 g/mol. The monoisotopic (exact) mass is 1260 g/mol. The number of ether oxygens (including phenoxy) is 1. The molecule has 17 atom stereocenters. The van der Waals surface area contributed by atoms with E-state index in [1.54, 1.807) is 0 Å². The molecule has 2 aromatic rings. The SMILES string of the molecule is C/C1=C2/N/C(=C\C3N/C(=C(/C)C4NC(C(CC(N)=O)C4(C)CCC(=O)NCC(C)OP(=O)(O)OC4/C(=C/O)OC(n5cnc6cc(O)ccc65)C4O)C4(C)NC1C(CCC(N)=O)C4(C)CC(N)=O)C(CCC(N)=O)C3(C)C)C(CCC(N)=O)C2(C)CC(N)=O. The fraction of sp³-hybridized carbons (Fsp3) is 0.633. The second kappa shape index (κ2) is 25.3. The molecule has 5 saturated heterocycles. The number of primary amides is 6. The van der Waals surface area contributed by atoms with Crippen molar-refractivity contribution in [3.05, 3.63) is 70.9 Å². The molecule has 490 valence electrons. The first-order valence-corrected chi connectivity index (χ1v) is 31.6. The van der Waals surface area contributed by atoms with E-state index < -0.39 is 149 Å². The van der Waals surface area contributed by atoms with Gasteiger partial charge in [-0.15, -0.1) is 0 Å². The van der Waals surface area contributed by atoms with Gasteiger partial charge in [0, 0.05) is 121 Å². The molecule has 1 aromatic heterocycles. The van der Waals surface area contributed by atoms with Crippen molar-refractivity contribution in [2.24, 2.45) is 79.7 Å². The number of rotatable bonds is 25. The Morgan fingerprint density at radius 2 is 1.48 bits per heavy atom. The maximum Gasteiger partial charge on any atom is 0.473 e. The molecular formula is C60H90N13O15P. The van der Waals surface area contributed by atoms with Crippen LogP contribution in [-0.4, -0.2) is 126 Å². The lowest BCUT2D eigenvalue weighted by Crippen LogP contribution is -2.64. The number of amides is 7. The van der Waals surface area contributed by atoms with Crippen LogP contribution in [0.3, 0.4) is 0 Å². The summed E-state index contributed by atoms with van der Waals surface area (Å²) < 4.78 is 31.6. The highest BCUT2D eigenvalue weighted by molar-refractivity contribution is 7.47. The molecule has 29 heteroatoms. The van der Waals surface area contributed by atoms with Gasteiger partial charge in [0.1, 0.15) is 18.1 Å². The van der Waals surface area contributed by atoms with Crippen LogP contribution in [0.4, 0.5) is 0 Å². The number of aromatic nitrogens is 2. The van der Waals surface area contributed by atoms with E-state index in [1.165, 1.54) is 36.0 Å². The van der Waals surface area contributed by atoms with E-state index in [2.05, 4.69) is 51.5 Å². The van der Waals surface area contributed by atoms with E-state index in [-0.39, 0.29) is 82.4 Å². The van der Waals surface area contributed by atoms with E-state index in [0.29, 0.717) is 40.7 Å². The Bertz CT molecular complexity index is 3350. The molecule has 7 heterocycles. The van der Waals surface area contributed by atoms with Crippen LogP contribution in [0.15, 0.2) is 70.9 Å². The number of hydrogen-bond acceptors (Lipinski definition) is 19. The number of phosphoric ester groups is 1. The highest BCUT2D eigenvalue weighted by Crippen LogP contribution is 2.62. The molecule has 8 rings (SSSR count). The fourth-order valence-electron chi connectivity index (χ4n) is 16.2. The molecule has 21 N–H and O–H groups in total. The van der Waals surface area contributed by atoms with Gasteiger partial charge in [-0.1, -0.05) is 34.6 Å². The molecule has 8 bridgehead atoms. The lowest BCUT2D eigenvalue weighted by molar-refractivity contribution is -0.124. The van der Waals surface area contributed by atoms with Gasteiger partial charge in [0.05, 0.1) is 29.5 Å². The molecule has 0 spiro atoms. The molecule has 0 saturated carbocycles. The number of aliphatic hydroxyl groups is 2. The molecule has 17 unspecified atom stereocenters. The van der Waals surface area contributed by atoms with Gasteiger partial charge in [0.25, 0.3) is 0 Å². The summed E-state index contributed by atoms with van der Waals surface area (Å²) in [4.78, 5) is 109. The number of phosphoric acid groups is 1. The number of phenols is 1. The number of hydrogen-bond donors (Lipinski definition) is 15. The summed E-state index contributed by atoms with van der Waals surface area (Å²) in [7, 11) is -5.12. The quantitative estimate of drug-likeness (QED) is 0.0498. The predicted octanol–water partition coefficient (Wildman–Crippen LogP) is 1.84. The molecule has 0 radical (unpaired) electrons. The van der Waals surface area contributed by atoms with E-state index in [9.17, 15) is 58.3 Å². The van der Waals surface area contributed by atoms with Crippen LogP contribution in [0.1, 0.15) is 139 Å². The third-order valence-electron chi connectivity index (χ3n) is 20.8. The summed E-state index contributed by atoms with van der Waals surface area (Å²) in [6, 6.07) is 1.63. The Morgan fingerprint density at radius 3 is 2.09 bits per heavy atom. The Hall–Kier alpha value is -7.07. The zero-order chi connectivity index (χ0) is 65.8. The van der Waals surface area contributed by atoms with Crippen molar-refractivity contribution in [2.75, 3.05) is 6.54 Å². The lowest BCUT2D eigenvalue weighted by Gasteiger charge is -2.49. The second-order valence-electron chi connectivity index (χ2n) is 26.9. The van der Waals surface area contributed by atoms with Crippen LogP contribution in [0, 0.1) is 45.3 Å². The van der Waals surface area contributed by atoms with Crippen LogP contribution in [0.25, 0.3) is 11.0 Å². The minimum Gasteiger partial charge on any atom is -0.512 e. The number of nitrogens with zero attached hydrogens (tertiary/aromatic N) is 2. The normalized spacial score (nSPS) is 36.6. The van der Waals surface area contributed by atoms with Crippen molar-refractivity contribution in [2.45, 2.75) is 187 Å². The van der Waals surface area contributed by atoms with Crippen molar-refractivity contribution in [1.29, 1.82) is 0 Å². The molecular weight excluding hydrogens is 1170 g/mol. The summed E-state index contributed by atoms with van der Waals surface area (Å²) in [5.74, 6) is -6.85. The number of nitrogens with two attached hydrogens (primary N) is 6. The Labute approximate surface area is 516 Å². The molecule has 5 fully saturated rings. The maximum atomic E-state index is 14.4. The minimum atomic E-state index is -5.12. The molecule has 28 nitrogen and oxygen atoms in total. The Balaban J connectivity index is 1.18. The van der Waals surface area contributed by atoms with Gasteiger partial charge in [0.2, 0.25) is 47.6 Å². The number of aliphatic hydroxyl groups excluding tert-OH is 2. The summed E-state index contributed by atoms with van der Waals surface area (Å²) >= 11 is 0. The summed E-state index contributed by atoms with van der Waals surface area (Å²) in [6.07, 6.45) is -2.22. The fourth-order valence-corrected chi connectivity index (χ4v) is 17.3. The summed E-state index contributed by atoms with van der Waals surface area (Å²) in [5.41, 5.74) is 35.3. The van der Waals surface area contributed by atoms with Gasteiger partial charge in [-0.2, -0.15) is 0 Å². The molecule has 89 heavy (non-hydrogen) atoms. The topological polar surface area (TPSA) is 479 Å². The highest BCUT2D eigenvalue weighted by atomic mass is 31.2. The number of aromatic hydroxyl groups is 1. The van der Waals surface area contributed by atoms with E-state index in [4.69, 9.17) is 48.2 Å². The van der Waals surface area contributed by atoms with Crippen LogP contribution in [-0.2, 0) is 51.9 Å². The third kappa shape index (κ3) is 13.0. The van der Waals surface area contributed by atoms with Crippen LogP contribution in [0.2, 0.25) is 0 Å². The van der Waals surface area contributed by atoms with Gasteiger partial charge < -0.3 is 85.9 Å². The number of benzene rings is 1. The van der Waals surface area contributed by atoms with Crippen molar-refractivity contribution in [3.63, 3.8) is 0 Å². The standard InChI is InChI=1S/C60H90N13O15P/c1-28(87-89(84,85)88-51-39(26-74)86-55(50(51)83)73-27-68-37-20-31(75)10-14-38(37)73)25-67-47(82)18-19-57(6)35(21-44(64)79)54-60(9)59(8,24-46(66)81)34(13-17-43(63)78)49(72-60)30(3)53-58(7,23-45(65)80)32(11-15-41(61)76)36(69-53)22-40-56(4,5)33(12-16-42(62)77)48(70-40)29(2)52(57)71-54/h10,14,20,22,26-28,32-35,40,49-52,54-55,69-72,74-75,83H,11-13,15-19,21,23-25H2,1-9H3,(H2,61,76)(H2,62,77)(H2,63,78)(H2,64,79)(H2,65,80)(H2,66,81)(H,67,82)(H,84,85)/b36-22-,39-26-,48-29-,53-30-. The summed E-state index contributed by atoms with van der Waals surface area (Å²) in [5, 5.41) is 49.7. The van der Waals surface area contributed by atoms with Crippen molar-refractivity contribution < 1.29 is 72.1 Å². The van der Waals surface area contributed by atoms with Gasteiger partial charge in [-0.25, -0.2) is 9.55 Å². The number of imidazole rings is 1. The zero-order valence-corrected chi connectivity index (χ0v) is 52.9. The first kappa shape index (κ1) is 67.9. The first-order valence-electron chi connectivity index (χ1n) is 30.1.